The lowest BCUT2D eigenvalue weighted by molar-refractivity contribution is 0.250. The van der Waals surface area contributed by atoms with Crippen LogP contribution in [0.1, 0.15) is 11.1 Å². The summed E-state index contributed by atoms with van der Waals surface area (Å²) in [5, 5.41) is 0. The number of rotatable bonds is 2. The minimum atomic E-state index is -0.159. The Morgan fingerprint density at radius 1 is 0.846 bits per heavy atom. The van der Waals surface area contributed by atoms with Gasteiger partial charge in [-0.1, -0.05) is 36.4 Å². The number of aryl methyl sites for hydroxylation is 2. The van der Waals surface area contributed by atoms with Crippen molar-refractivity contribution in [1.82, 2.24) is 9.55 Å². The normalized spacial score (nSPS) is 10.8. The summed E-state index contributed by atoms with van der Waals surface area (Å²) in [5.41, 5.74) is 5.57. The first kappa shape index (κ1) is 16.1. The molecular weight excluding hydrogens is 322 g/mol. The minimum absolute atomic E-state index is 0.159. The van der Waals surface area contributed by atoms with Crippen molar-refractivity contribution >= 4 is 28.4 Å². The average Bonchev–Trinajstić information content (AvgIpc) is 3.06. The van der Waals surface area contributed by atoms with Crippen LogP contribution in [0.5, 0.6) is 0 Å². The molecule has 0 N–H and O–H groups in total. The molecule has 0 bridgehead atoms. The maximum Gasteiger partial charge on any atom is 0.339 e. The number of fused-ring (bicyclic) bond motifs is 1. The van der Waals surface area contributed by atoms with Gasteiger partial charge in [0, 0.05) is 0 Å². The summed E-state index contributed by atoms with van der Waals surface area (Å²) in [6.45, 7) is 4.10. The van der Waals surface area contributed by atoms with Gasteiger partial charge in [-0.2, -0.15) is 0 Å². The number of nitrogens with zero attached hydrogens (tertiary/aromatic N) is 3. The van der Waals surface area contributed by atoms with Crippen LogP contribution >= 0.6 is 0 Å². The van der Waals surface area contributed by atoms with Crippen LogP contribution in [0, 0.1) is 13.8 Å². The van der Waals surface area contributed by atoms with Crippen molar-refractivity contribution in [2.24, 2.45) is 0 Å². The number of benzene rings is 3. The van der Waals surface area contributed by atoms with Gasteiger partial charge in [0.15, 0.2) is 0 Å². The van der Waals surface area contributed by atoms with Crippen molar-refractivity contribution in [3.8, 4) is 0 Å². The number of anilines is 2. The summed E-state index contributed by atoms with van der Waals surface area (Å²) in [6.07, 6.45) is 1.60. The van der Waals surface area contributed by atoms with E-state index in [1.54, 1.807) is 15.8 Å². The Bertz CT molecular complexity index is 1030. The highest BCUT2D eigenvalue weighted by molar-refractivity contribution is 6.04. The van der Waals surface area contributed by atoms with E-state index in [2.05, 4.69) is 11.9 Å². The lowest BCUT2D eigenvalue weighted by Crippen LogP contribution is -2.30. The van der Waals surface area contributed by atoms with Gasteiger partial charge < -0.3 is 0 Å². The molecule has 4 nitrogen and oxygen atoms in total. The van der Waals surface area contributed by atoms with E-state index >= 15 is 0 Å². The standard InChI is InChI=1S/C22H19N3O/c1-16-13-20-21(14-17(16)2)24(15-23-20)22(26)25(18-9-5-3-6-10-18)19-11-7-4-8-12-19/h3-15H,1-2H3. The minimum Gasteiger partial charge on any atom is -0.262 e. The fraction of sp³-hybridized carbons (Fsp3) is 0.0909. The quantitative estimate of drug-likeness (QED) is 0.485. The summed E-state index contributed by atoms with van der Waals surface area (Å²) in [7, 11) is 0. The molecule has 128 valence electrons. The highest BCUT2D eigenvalue weighted by Crippen LogP contribution is 2.27. The molecule has 0 aliphatic heterocycles. The van der Waals surface area contributed by atoms with Crippen LogP contribution in [0.25, 0.3) is 11.0 Å². The fourth-order valence-corrected chi connectivity index (χ4v) is 3.05. The lowest BCUT2D eigenvalue weighted by atomic mass is 10.1. The van der Waals surface area contributed by atoms with E-state index in [0.717, 1.165) is 33.5 Å². The van der Waals surface area contributed by atoms with Crippen molar-refractivity contribution in [3.05, 3.63) is 90.3 Å². The topological polar surface area (TPSA) is 38.1 Å². The zero-order valence-corrected chi connectivity index (χ0v) is 14.8. The number of hydrogen-bond donors (Lipinski definition) is 0. The number of carbonyl (C=O) groups excluding carboxylic acids is 1. The van der Waals surface area contributed by atoms with Crippen LogP contribution < -0.4 is 4.90 Å². The van der Waals surface area contributed by atoms with Gasteiger partial charge in [0.2, 0.25) is 0 Å². The number of aromatic nitrogens is 2. The van der Waals surface area contributed by atoms with Gasteiger partial charge in [-0.05, 0) is 61.4 Å². The molecule has 0 saturated carbocycles. The van der Waals surface area contributed by atoms with Gasteiger partial charge in [0.1, 0.15) is 6.33 Å². The van der Waals surface area contributed by atoms with Gasteiger partial charge in [-0.15, -0.1) is 0 Å². The number of carbonyl (C=O) groups is 1. The van der Waals surface area contributed by atoms with Crippen molar-refractivity contribution in [1.29, 1.82) is 0 Å². The Hall–Kier alpha value is -3.40. The van der Waals surface area contributed by atoms with Gasteiger partial charge >= 0.3 is 6.03 Å². The number of para-hydroxylation sites is 2. The number of hydrogen-bond acceptors (Lipinski definition) is 2. The third kappa shape index (κ3) is 2.75. The molecule has 0 spiro atoms. The fourth-order valence-electron chi connectivity index (χ4n) is 3.05. The predicted octanol–water partition coefficient (Wildman–Crippen LogP) is 5.46. The lowest BCUT2D eigenvalue weighted by Gasteiger charge is -2.23. The molecule has 3 aromatic carbocycles. The first-order chi connectivity index (χ1) is 12.6. The predicted molar refractivity (Wildman–Crippen MR) is 105 cm³/mol. The van der Waals surface area contributed by atoms with Crippen LogP contribution in [-0.4, -0.2) is 15.6 Å². The van der Waals surface area contributed by atoms with E-state index in [9.17, 15) is 4.79 Å². The summed E-state index contributed by atoms with van der Waals surface area (Å²) in [5.74, 6) is 0. The molecule has 0 fully saturated rings. The molecule has 4 heteroatoms. The summed E-state index contributed by atoms with van der Waals surface area (Å²) < 4.78 is 1.61. The Labute approximate surface area is 152 Å². The first-order valence-corrected chi connectivity index (χ1v) is 8.54. The molecule has 0 atom stereocenters. The van der Waals surface area contributed by atoms with E-state index < -0.39 is 0 Å². The molecular formula is C22H19N3O. The first-order valence-electron chi connectivity index (χ1n) is 8.54. The van der Waals surface area contributed by atoms with Crippen LogP contribution in [0.15, 0.2) is 79.1 Å². The van der Waals surface area contributed by atoms with Crippen molar-refractivity contribution < 1.29 is 4.79 Å². The molecule has 1 heterocycles. The second-order valence-electron chi connectivity index (χ2n) is 6.33. The van der Waals surface area contributed by atoms with E-state index in [-0.39, 0.29) is 6.03 Å². The molecule has 0 radical (unpaired) electrons. The Balaban J connectivity index is 1.87. The molecule has 4 rings (SSSR count). The molecule has 0 aliphatic carbocycles. The Morgan fingerprint density at radius 2 is 1.38 bits per heavy atom. The molecule has 26 heavy (non-hydrogen) atoms. The van der Waals surface area contributed by atoms with E-state index in [0.29, 0.717) is 0 Å². The maximum absolute atomic E-state index is 13.5. The average molecular weight is 341 g/mol. The SMILES string of the molecule is Cc1cc2ncn(C(=O)N(c3ccccc3)c3ccccc3)c2cc1C. The third-order valence-corrected chi connectivity index (χ3v) is 4.59. The van der Waals surface area contributed by atoms with Crippen molar-refractivity contribution in [3.63, 3.8) is 0 Å². The monoisotopic (exact) mass is 341 g/mol. The van der Waals surface area contributed by atoms with Gasteiger partial charge in [-0.25, -0.2) is 14.3 Å². The van der Waals surface area contributed by atoms with Gasteiger partial charge in [0.25, 0.3) is 0 Å². The largest absolute Gasteiger partial charge is 0.339 e. The smallest absolute Gasteiger partial charge is 0.262 e. The van der Waals surface area contributed by atoms with E-state index in [1.807, 2.05) is 79.7 Å². The van der Waals surface area contributed by atoms with E-state index in [1.165, 1.54) is 0 Å². The molecule has 1 aromatic heterocycles. The van der Waals surface area contributed by atoms with Crippen LogP contribution in [0.2, 0.25) is 0 Å². The van der Waals surface area contributed by atoms with Crippen LogP contribution in [0.3, 0.4) is 0 Å². The van der Waals surface area contributed by atoms with Crippen LogP contribution in [0.4, 0.5) is 16.2 Å². The van der Waals surface area contributed by atoms with Crippen LogP contribution in [-0.2, 0) is 0 Å². The summed E-state index contributed by atoms with van der Waals surface area (Å²) in [6, 6.07) is 23.2. The summed E-state index contributed by atoms with van der Waals surface area (Å²) >= 11 is 0. The second-order valence-corrected chi connectivity index (χ2v) is 6.33. The summed E-state index contributed by atoms with van der Waals surface area (Å²) in [4.78, 5) is 19.6. The maximum atomic E-state index is 13.5. The molecule has 4 aromatic rings. The molecule has 0 unspecified atom stereocenters. The highest BCUT2D eigenvalue weighted by Gasteiger charge is 2.21. The van der Waals surface area contributed by atoms with Gasteiger partial charge in [0.05, 0.1) is 22.4 Å². The highest BCUT2D eigenvalue weighted by atomic mass is 16.2. The Morgan fingerprint density at radius 3 is 1.96 bits per heavy atom. The molecule has 1 amide bonds. The third-order valence-electron chi connectivity index (χ3n) is 4.59. The molecule has 0 saturated heterocycles. The second kappa shape index (κ2) is 6.48. The Kier molecular flexibility index (Phi) is 4.01. The number of amides is 1. The van der Waals surface area contributed by atoms with Crippen molar-refractivity contribution in [2.45, 2.75) is 13.8 Å². The van der Waals surface area contributed by atoms with Crippen molar-refractivity contribution in [2.75, 3.05) is 4.90 Å². The zero-order valence-electron chi connectivity index (χ0n) is 14.8. The zero-order chi connectivity index (χ0) is 18.1. The van der Waals surface area contributed by atoms with E-state index in [4.69, 9.17) is 0 Å². The number of imidazole rings is 1. The van der Waals surface area contributed by atoms with Gasteiger partial charge in [-0.3, -0.25) is 4.90 Å². The molecule has 0 aliphatic rings.